The molecule has 0 radical (unpaired) electrons. The molecule has 0 aliphatic carbocycles. The van der Waals surface area contributed by atoms with Gasteiger partial charge in [0.1, 0.15) is 6.04 Å². The van der Waals surface area contributed by atoms with Crippen molar-refractivity contribution in [3.05, 3.63) is 69.7 Å². The van der Waals surface area contributed by atoms with Crippen molar-refractivity contribution in [3.8, 4) is 0 Å². The van der Waals surface area contributed by atoms with Crippen LogP contribution in [0.4, 0.5) is 0 Å². The topological polar surface area (TPSA) is 49.4 Å². The fraction of sp³-hybridized carbons (Fsp3) is 0.364. The highest BCUT2D eigenvalue weighted by molar-refractivity contribution is 6.35. The second-order valence-electron chi connectivity index (χ2n) is 6.70. The summed E-state index contributed by atoms with van der Waals surface area (Å²) in [5, 5.41) is 3.85. The van der Waals surface area contributed by atoms with Crippen molar-refractivity contribution in [2.45, 2.75) is 39.2 Å². The third kappa shape index (κ3) is 6.54. The second kappa shape index (κ2) is 11.1. The molecule has 0 unspecified atom stereocenters. The molecule has 0 heterocycles. The molecule has 2 aromatic carbocycles. The van der Waals surface area contributed by atoms with E-state index < -0.39 is 6.04 Å². The Labute approximate surface area is 176 Å². The molecule has 0 saturated heterocycles. The van der Waals surface area contributed by atoms with Gasteiger partial charge in [-0.3, -0.25) is 9.59 Å². The van der Waals surface area contributed by atoms with E-state index in [0.29, 0.717) is 35.1 Å². The molecule has 4 nitrogen and oxygen atoms in total. The molecule has 0 aromatic heterocycles. The lowest BCUT2D eigenvalue weighted by atomic mass is 10.1. The van der Waals surface area contributed by atoms with Crippen LogP contribution in [0.25, 0.3) is 0 Å². The number of carbonyl (C=O) groups excluding carboxylic acids is 2. The van der Waals surface area contributed by atoms with Crippen LogP contribution in [0.5, 0.6) is 0 Å². The molecule has 0 aliphatic rings. The summed E-state index contributed by atoms with van der Waals surface area (Å²) < 4.78 is 0. The molecule has 2 aromatic rings. The van der Waals surface area contributed by atoms with Crippen molar-refractivity contribution in [3.63, 3.8) is 0 Å². The molecule has 1 atom stereocenters. The predicted octanol–water partition coefficient (Wildman–Crippen LogP) is 4.52. The highest BCUT2D eigenvalue weighted by Gasteiger charge is 2.26. The maximum atomic E-state index is 13.0. The molecule has 28 heavy (non-hydrogen) atoms. The molecule has 0 saturated carbocycles. The predicted molar refractivity (Wildman–Crippen MR) is 115 cm³/mol. The standard InChI is InChI=1S/C22H26Cl2N2O2/c1-3-12-25-22(28)16(2)26(13-11-17-7-5-4-6-8-17)21(27)14-18-9-10-19(23)15-20(18)24/h4-10,15-16H,3,11-14H2,1-2H3,(H,25,28)/t16-/m1/s1. The molecular formula is C22H26Cl2N2O2. The Bertz CT molecular complexity index is 796. The molecule has 0 fully saturated rings. The van der Waals surface area contributed by atoms with E-state index in [0.717, 1.165) is 12.0 Å². The zero-order valence-corrected chi connectivity index (χ0v) is 17.8. The Morgan fingerprint density at radius 2 is 1.82 bits per heavy atom. The number of amides is 2. The summed E-state index contributed by atoms with van der Waals surface area (Å²) in [4.78, 5) is 27.1. The third-order valence-electron chi connectivity index (χ3n) is 4.56. The Morgan fingerprint density at radius 1 is 1.11 bits per heavy atom. The molecular weight excluding hydrogens is 395 g/mol. The first-order chi connectivity index (χ1) is 13.4. The van der Waals surface area contributed by atoms with Crippen LogP contribution >= 0.6 is 23.2 Å². The van der Waals surface area contributed by atoms with E-state index in [4.69, 9.17) is 23.2 Å². The highest BCUT2D eigenvalue weighted by Crippen LogP contribution is 2.22. The Hall–Kier alpha value is -2.04. The summed E-state index contributed by atoms with van der Waals surface area (Å²) in [5.41, 5.74) is 1.81. The van der Waals surface area contributed by atoms with E-state index in [-0.39, 0.29) is 18.2 Å². The summed E-state index contributed by atoms with van der Waals surface area (Å²) >= 11 is 12.2. The molecule has 150 valence electrons. The summed E-state index contributed by atoms with van der Waals surface area (Å²) in [7, 11) is 0. The average Bonchev–Trinajstić information content (AvgIpc) is 2.69. The molecule has 2 rings (SSSR count). The lowest BCUT2D eigenvalue weighted by Gasteiger charge is -2.29. The fourth-order valence-corrected chi connectivity index (χ4v) is 3.37. The Morgan fingerprint density at radius 3 is 2.46 bits per heavy atom. The minimum atomic E-state index is -0.561. The SMILES string of the molecule is CCCNC(=O)[C@@H](C)N(CCc1ccccc1)C(=O)Cc1ccc(Cl)cc1Cl. The van der Waals surface area contributed by atoms with Gasteiger partial charge in [0.05, 0.1) is 6.42 Å². The van der Waals surface area contributed by atoms with E-state index in [1.807, 2.05) is 37.3 Å². The molecule has 0 aliphatic heterocycles. The monoisotopic (exact) mass is 420 g/mol. The van der Waals surface area contributed by atoms with E-state index in [9.17, 15) is 9.59 Å². The smallest absolute Gasteiger partial charge is 0.242 e. The maximum absolute atomic E-state index is 13.0. The van der Waals surface area contributed by atoms with Crippen LogP contribution in [-0.4, -0.2) is 35.8 Å². The van der Waals surface area contributed by atoms with Crippen LogP contribution in [0.3, 0.4) is 0 Å². The van der Waals surface area contributed by atoms with Crippen LogP contribution < -0.4 is 5.32 Å². The van der Waals surface area contributed by atoms with Crippen molar-refractivity contribution in [1.29, 1.82) is 0 Å². The number of nitrogens with zero attached hydrogens (tertiary/aromatic N) is 1. The quantitative estimate of drug-likeness (QED) is 0.647. The summed E-state index contributed by atoms with van der Waals surface area (Å²) in [6, 6.07) is 14.4. The Kier molecular flexibility index (Phi) is 8.81. The van der Waals surface area contributed by atoms with Gasteiger partial charge < -0.3 is 10.2 Å². The van der Waals surface area contributed by atoms with Gasteiger partial charge in [-0.05, 0) is 43.0 Å². The zero-order valence-electron chi connectivity index (χ0n) is 16.3. The van der Waals surface area contributed by atoms with Crippen molar-refractivity contribution in [2.75, 3.05) is 13.1 Å². The van der Waals surface area contributed by atoms with Gasteiger partial charge in [-0.2, -0.15) is 0 Å². The van der Waals surface area contributed by atoms with Gasteiger partial charge in [-0.1, -0.05) is 66.5 Å². The Balaban J connectivity index is 2.15. The van der Waals surface area contributed by atoms with Crippen LogP contribution in [0, 0.1) is 0 Å². The highest BCUT2D eigenvalue weighted by atomic mass is 35.5. The number of halogens is 2. The van der Waals surface area contributed by atoms with Crippen molar-refractivity contribution < 1.29 is 9.59 Å². The molecule has 0 bridgehead atoms. The number of hydrogen-bond donors (Lipinski definition) is 1. The van der Waals surface area contributed by atoms with E-state index in [1.165, 1.54) is 0 Å². The van der Waals surface area contributed by atoms with Gasteiger partial charge in [-0.15, -0.1) is 0 Å². The first-order valence-corrected chi connectivity index (χ1v) is 10.2. The fourth-order valence-electron chi connectivity index (χ4n) is 2.90. The van der Waals surface area contributed by atoms with Crippen LogP contribution in [0.2, 0.25) is 10.0 Å². The van der Waals surface area contributed by atoms with Crippen LogP contribution in [0.15, 0.2) is 48.5 Å². The first kappa shape index (κ1) is 22.3. The zero-order chi connectivity index (χ0) is 20.5. The van der Waals surface area contributed by atoms with Crippen molar-refractivity contribution >= 4 is 35.0 Å². The maximum Gasteiger partial charge on any atom is 0.242 e. The normalized spacial score (nSPS) is 11.7. The lowest BCUT2D eigenvalue weighted by Crippen LogP contribution is -2.49. The summed E-state index contributed by atoms with van der Waals surface area (Å²) in [6.07, 6.45) is 1.64. The van der Waals surface area contributed by atoms with Crippen LogP contribution in [0.1, 0.15) is 31.4 Å². The van der Waals surface area contributed by atoms with E-state index >= 15 is 0 Å². The molecule has 6 heteroatoms. The van der Waals surface area contributed by atoms with Crippen LogP contribution in [-0.2, 0) is 22.4 Å². The minimum absolute atomic E-state index is 0.121. The summed E-state index contributed by atoms with van der Waals surface area (Å²) in [6.45, 7) is 4.80. The van der Waals surface area contributed by atoms with Crippen molar-refractivity contribution in [2.24, 2.45) is 0 Å². The molecule has 2 amide bonds. The number of rotatable bonds is 9. The second-order valence-corrected chi connectivity index (χ2v) is 7.55. The van der Waals surface area contributed by atoms with E-state index in [2.05, 4.69) is 5.32 Å². The largest absolute Gasteiger partial charge is 0.354 e. The number of hydrogen-bond acceptors (Lipinski definition) is 2. The lowest BCUT2D eigenvalue weighted by molar-refractivity contribution is -0.139. The average molecular weight is 421 g/mol. The summed E-state index contributed by atoms with van der Waals surface area (Å²) in [5.74, 6) is -0.287. The third-order valence-corrected chi connectivity index (χ3v) is 5.14. The van der Waals surface area contributed by atoms with Crippen molar-refractivity contribution in [1.82, 2.24) is 10.2 Å². The van der Waals surface area contributed by atoms with E-state index in [1.54, 1.807) is 30.0 Å². The number of nitrogens with one attached hydrogen (secondary N) is 1. The van der Waals surface area contributed by atoms with Gasteiger partial charge in [0.25, 0.3) is 0 Å². The number of carbonyl (C=O) groups is 2. The first-order valence-electron chi connectivity index (χ1n) is 9.47. The molecule has 1 N–H and O–H groups in total. The van der Waals surface area contributed by atoms with Gasteiger partial charge in [0.15, 0.2) is 0 Å². The minimum Gasteiger partial charge on any atom is -0.354 e. The molecule has 0 spiro atoms. The van der Waals surface area contributed by atoms with Gasteiger partial charge in [0.2, 0.25) is 11.8 Å². The van der Waals surface area contributed by atoms with Gasteiger partial charge >= 0.3 is 0 Å². The van der Waals surface area contributed by atoms with Gasteiger partial charge in [0, 0.05) is 23.1 Å². The number of benzene rings is 2. The van der Waals surface area contributed by atoms with Gasteiger partial charge in [-0.25, -0.2) is 0 Å².